The molecular weight excluding hydrogens is 284 g/mol. The van der Waals surface area contributed by atoms with Gasteiger partial charge in [-0.1, -0.05) is 19.0 Å². The summed E-state index contributed by atoms with van der Waals surface area (Å²) in [6.45, 7) is 5.56. The van der Waals surface area contributed by atoms with Gasteiger partial charge in [0.15, 0.2) is 17.8 Å². The molecule has 2 aromatic heterocycles. The predicted molar refractivity (Wildman–Crippen MR) is 78.0 cm³/mol. The topological polar surface area (TPSA) is 110 Å². The number of carbonyl (C=O) groups is 1. The van der Waals surface area contributed by atoms with Gasteiger partial charge in [-0.15, -0.1) is 0 Å². The van der Waals surface area contributed by atoms with Crippen LogP contribution in [0.4, 0.5) is 5.69 Å². The van der Waals surface area contributed by atoms with Gasteiger partial charge in [-0.05, 0) is 12.3 Å². The van der Waals surface area contributed by atoms with Gasteiger partial charge in [0.25, 0.3) is 0 Å². The molecule has 2 heterocycles. The number of rotatable bonds is 6. The smallest absolute Gasteiger partial charge is 0.248 e. The molecule has 2 aromatic rings. The highest BCUT2D eigenvalue weighted by atomic mass is 16.5. The molecule has 0 fully saturated rings. The van der Waals surface area contributed by atoms with Crippen LogP contribution in [-0.2, 0) is 6.54 Å². The van der Waals surface area contributed by atoms with Gasteiger partial charge in [-0.2, -0.15) is 15.3 Å². The van der Waals surface area contributed by atoms with Crippen molar-refractivity contribution in [3.05, 3.63) is 23.6 Å². The molecule has 0 amide bonds. The van der Waals surface area contributed by atoms with Gasteiger partial charge < -0.3 is 4.52 Å². The maximum absolute atomic E-state index is 11.9. The molecule has 8 nitrogen and oxygen atoms in total. The first-order valence-corrected chi connectivity index (χ1v) is 6.88. The van der Waals surface area contributed by atoms with Crippen molar-refractivity contribution in [1.29, 1.82) is 5.26 Å². The molecule has 0 saturated carbocycles. The van der Waals surface area contributed by atoms with Crippen LogP contribution in [0.5, 0.6) is 0 Å². The summed E-state index contributed by atoms with van der Waals surface area (Å²) in [5, 5.41) is 16.9. The number of aromatic nitrogens is 4. The summed E-state index contributed by atoms with van der Waals surface area (Å²) >= 11 is 0. The zero-order valence-electron chi connectivity index (χ0n) is 12.6. The Morgan fingerprint density at radius 1 is 1.64 bits per heavy atom. The third-order valence-electron chi connectivity index (χ3n) is 3.16. The monoisotopic (exact) mass is 300 g/mol. The average molecular weight is 300 g/mol. The number of aliphatic imine (C=N–C) groups is 1. The highest BCUT2D eigenvalue weighted by Gasteiger charge is 2.22. The van der Waals surface area contributed by atoms with E-state index in [-0.39, 0.29) is 35.3 Å². The molecule has 0 aliphatic heterocycles. The normalized spacial score (nSPS) is 12.5. The molecule has 0 bridgehead atoms. The minimum Gasteiger partial charge on any atom is -0.338 e. The molecule has 0 N–H and O–H groups in total. The Kier molecular flexibility index (Phi) is 4.78. The number of nitriles is 1. The lowest BCUT2D eigenvalue weighted by molar-refractivity contribution is 0.100. The molecule has 0 aliphatic carbocycles. The van der Waals surface area contributed by atoms with Crippen molar-refractivity contribution in [1.82, 2.24) is 19.9 Å². The lowest BCUT2D eigenvalue weighted by Gasteiger charge is -2.02. The third-order valence-corrected chi connectivity index (χ3v) is 3.16. The first kappa shape index (κ1) is 15.6. The molecule has 114 valence electrons. The van der Waals surface area contributed by atoms with Crippen LogP contribution in [0.2, 0.25) is 0 Å². The van der Waals surface area contributed by atoms with E-state index >= 15 is 0 Å². The molecule has 0 radical (unpaired) electrons. The van der Waals surface area contributed by atoms with Crippen LogP contribution < -0.4 is 0 Å². The minimum atomic E-state index is -0.232. The van der Waals surface area contributed by atoms with Crippen molar-refractivity contribution in [2.45, 2.75) is 33.7 Å². The molecule has 0 aliphatic rings. The number of nitrogens with zero attached hydrogens (tertiary/aromatic N) is 6. The zero-order valence-corrected chi connectivity index (χ0v) is 12.6. The SMILES string of the molecule is CCC(C)C=Nc1c(C#N)nn(Cc2ncno2)c1C(C)=O. The fourth-order valence-electron chi connectivity index (χ4n) is 1.81. The molecular formula is C14H16N6O2. The van der Waals surface area contributed by atoms with Gasteiger partial charge in [0, 0.05) is 13.1 Å². The zero-order chi connectivity index (χ0) is 16.1. The van der Waals surface area contributed by atoms with Crippen molar-refractivity contribution >= 4 is 17.7 Å². The van der Waals surface area contributed by atoms with Crippen LogP contribution in [-0.4, -0.2) is 31.9 Å². The van der Waals surface area contributed by atoms with E-state index in [1.54, 1.807) is 6.21 Å². The van der Waals surface area contributed by atoms with Crippen LogP contribution in [0.25, 0.3) is 0 Å². The standard InChI is InChI=1S/C14H16N6O2/c1-4-9(2)6-16-13-11(5-15)19-20(14(13)10(3)21)7-12-17-8-18-22-12/h6,8-9H,4,7H2,1-3H3. The lowest BCUT2D eigenvalue weighted by atomic mass is 10.1. The Morgan fingerprint density at radius 2 is 2.41 bits per heavy atom. The van der Waals surface area contributed by atoms with E-state index in [0.29, 0.717) is 5.89 Å². The van der Waals surface area contributed by atoms with Crippen LogP contribution >= 0.6 is 0 Å². The van der Waals surface area contributed by atoms with Crippen molar-refractivity contribution in [3.8, 4) is 6.07 Å². The second kappa shape index (κ2) is 6.76. The van der Waals surface area contributed by atoms with Gasteiger partial charge in [0.05, 0.1) is 0 Å². The summed E-state index contributed by atoms with van der Waals surface area (Å²) in [7, 11) is 0. The number of hydrogen-bond acceptors (Lipinski definition) is 7. The van der Waals surface area contributed by atoms with Crippen molar-refractivity contribution in [2.75, 3.05) is 0 Å². The van der Waals surface area contributed by atoms with E-state index in [1.165, 1.54) is 17.9 Å². The van der Waals surface area contributed by atoms with Gasteiger partial charge in [-0.3, -0.25) is 9.79 Å². The fraction of sp³-hybridized carbons (Fsp3) is 0.429. The molecule has 8 heteroatoms. The maximum Gasteiger partial charge on any atom is 0.248 e. The predicted octanol–water partition coefficient (Wildman–Crippen LogP) is 2.14. The van der Waals surface area contributed by atoms with Crippen LogP contribution in [0.3, 0.4) is 0 Å². The summed E-state index contributed by atoms with van der Waals surface area (Å²) < 4.78 is 6.29. The summed E-state index contributed by atoms with van der Waals surface area (Å²) in [6.07, 6.45) is 3.90. The highest BCUT2D eigenvalue weighted by molar-refractivity contribution is 5.98. The molecule has 0 saturated heterocycles. The van der Waals surface area contributed by atoms with E-state index < -0.39 is 0 Å². The summed E-state index contributed by atoms with van der Waals surface area (Å²) in [5.41, 5.74) is 0.647. The second-order valence-corrected chi connectivity index (χ2v) is 4.87. The van der Waals surface area contributed by atoms with Gasteiger partial charge in [-0.25, -0.2) is 4.68 Å². The molecule has 1 atom stereocenters. The number of hydrogen-bond donors (Lipinski definition) is 0. The first-order valence-electron chi connectivity index (χ1n) is 6.88. The molecule has 0 aromatic carbocycles. The molecule has 0 spiro atoms. The Labute approximate surface area is 127 Å². The summed E-state index contributed by atoms with van der Waals surface area (Å²) in [5.74, 6) is 0.308. The summed E-state index contributed by atoms with van der Waals surface area (Å²) in [4.78, 5) is 20.1. The highest BCUT2D eigenvalue weighted by Crippen LogP contribution is 2.25. The molecule has 1 unspecified atom stereocenters. The Balaban J connectivity index is 2.47. The van der Waals surface area contributed by atoms with Crippen LogP contribution in [0.1, 0.15) is 49.3 Å². The van der Waals surface area contributed by atoms with Crippen molar-refractivity contribution < 1.29 is 9.32 Å². The lowest BCUT2D eigenvalue weighted by Crippen LogP contribution is -2.10. The van der Waals surface area contributed by atoms with Gasteiger partial charge in [0.2, 0.25) is 5.89 Å². The van der Waals surface area contributed by atoms with Gasteiger partial charge >= 0.3 is 0 Å². The Morgan fingerprint density at radius 3 is 2.95 bits per heavy atom. The van der Waals surface area contributed by atoms with E-state index in [1.807, 2.05) is 19.9 Å². The Bertz CT molecular complexity index is 723. The average Bonchev–Trinajstić information content (AvgIpc) is 3.12. The van der Waals surface area contributed by atoms with Crippen LogP contribution in [0, 0.1) is 17.2 Å². The van der Waals surface area contributed by atoms with E-state index in [0.717, 1.165) is 6.42 Å². The van der Waals surface area contributed by atoms with E-state index in [2.05, 4.69) is 20.2 Å². The molecule has 2 rings (SSSR count). The minimum absolute atomic E-state index is 0.101. The number of carbonyl (C=O) groups excluding carboxylic acids is 1. The van der Waals surface area contributed by atoms with E-state index in [4.69, 9.17) is 4.52 Å². The van der Waals surface area contributed by atoms with Crippen LogP contribution in [0.15, 0.2) is 15.8 Å². The van der Waals surface area contributed by atoms with Gasteiger partial charge in [0.1, 0.15) is 24.0 Å². The van der Waals surface area contributed by atoms with Crippen molar-refractivity contribution in [3.63, 3.8) is 0 Å². The van der Waals surface area contributed by atoms with E-state index in [9.17, 15) is 10.1 Å². The summed E-state index contributed by atoms with van der Waals surface area (Å²) in [6, 6.07) is 1.97. The Hall–Kier alpha value is -2.82. The second-order valence-electron chi connectivity index (χ2n) is 4.87. The maximum atomic E-state index is 11.9. The quantitative estimate of drug-likeness (QED) is 0.597. The third kappa shape index (κ3) is 3.25. The first-order chi connectivity index (χ1) is 10.6. The van der Waals surface area contributed by atoms with Crippen molar-refractivity contribution in [2.24, 2.45) is 10.9 Å². The number of Topliss-reactive ketones (excluding diaryl/α,β-unsaturated/α-hetero) is 1. The fourth-order valence-corrected chi connectivity index (χ4v) is 1.81. The number of ketones is 1. The molecule has 22 heavy (non-hydrogen) atoms. The largest absolute Gasteiger partial charge is 0.338 e.